The molecule has 0 aliphatic rings. The summed E-state index contributed by atoms with van der Waals surface area (Å²) in [6.07, 6.45) is 2.65. The molecule has 0 N–H and O–H groups in total. The first-order valence-electron chi connectivity index (χ1n) is 3.16. The summed E-state index contributed by atoms with van der Waals surface area (Å²) in [4.78, 5) is 10.4. The molecule has 0 heterocycles. The van der Waals surface area contributed by atoms with E-state index in [2.05, 4.69) is 6.58 Å². The second kappa shape index (κ2) is 2.81. The van der Waals surface area contributed by atoms with Gasteiger partial charge in [-0.05, 0) is 12.8 Å². The number of hydrogen-bond acceptors (Lipinski definition) is 1. The largest absolute Gasteiger partial charge is 0.302 e. The highest BCUT2D eigenvalue weighted by atomic mass is 16.1. The van der Waals surface area contributed by atoms with Crippen molar-refractivity contribution in [2.75, 3.05) is 0 Å². The fourth-order valence-corrected chi connectivity index (χ4v) is 0.420. The molecule has 1 nitrogen and oxygen atoms in total. The van der Waals surface area contributed by atoms with Crippen LogP contribution in [-0.2, 0) is 4.79 Å². The molecular formula is C8H14O. The van der Waals surface area contributed by atoms with Crippen molar-refractivity contribution in [1.29, 1.82) is 0 Å². The van der Waals surface area contributed by atoms with Crippen LogP contribution < -0.4 is 0 Å². The first-order valence-corrected chi connectivity index (χ1v) is 3.16. The molecule has 0 fully saturated rings. The number of aldehydes is 1. The Morgan fingerprint density at radius 3 is 2.00 bits per heavy atom. The lowest BCUT2D eigenvalue weighted by atomic mass is 9.81. The predicted molar refractivity (Wildman–Crippen MR) is 39.2 cm³/mol. The zero-order valence-electron chi connectivity index (χ0n) is 6.35. The molecule has 52 valence electrons. The molecule has 0 aromatic carbocycles. The fourth-order valence-electron chi connectivity index (χ4n) is 0.420. The van der Waals surface area contributed by atoms with Crippen molar-refractivity contribution >= 4 is 6.29 Å². The van der Waals surface area contributed by atoms with Gasteiger partial charge in [-0.1, -0.05) is 19.9 Å². The highest BCUT2D eigenvalue weighted by Crippen LogP contribution is 2.24. The van der Waals surface area contributed by atoms with Gasteiger partial charge >= 0.3 is 0 Å². The van der Waals surface area contributed by atoms with Crippen LogP contribution in [0.3, 0.4) is 0 Å². The number of carbonyl (C=O) groups excluding carboxylic acids is 1. The minimum atomic E-state index is -0.333. The lowest BCUT2D eigenvalue weighted by molar-refractivity contribution is -0.114. The van der Waals surface area contributed by atoms with Crippen molar-refractivity contribution in [1.82, 2.24) is 0 Å². The quantitative estimate of drug-likeness (QED) is 0.417. The van der Waals surface area contributed by atoms with Gasteiger partial charge in [-0.15, -0.1) is 6.58 Å². The van der Waals surface area contributed by atoms with Gasteiger partial charge in [0.05, 0.1) is 0 Å². The maximum Gasteiger partial charge on any atom is 0.129 e. The normalized spacial score (nSPS) is 16.9. The average Bonchev–Trinajstić information content (AvgIpc) is 1.86. The van der Waals surface area contributed by atoms with E-state index in [9.17, 15) is 4.79 Å². The van der Waals surface area contributed by atoms with Gasteiger partial charge in [0, 0.05) is 5.41 Å². The molecule has 0 aromatic heterocycles. The summed E-state index contributed by atoms with van der Waals surface area (Å²) < 4.78 is 0. The molecule has 9 heavy (non-hydrogen) atoms. The van der Waals surface area contributed by atoms with E-state index in [-0.39, 0.29) is 5.41 Å². The van der Waals surface area contributed by atoms with Crippen LogP contribution >= 0.6 is 0 Å². The predicted octanol–water partition coefficient (Wildman–Crippen LogP) is 2.03. The number of rotatable bonds is 3. The SMILES string of the molecule is C=CC(C)(C=O)C(C)C. The van der Waals surface area contributed by atoms with Crippen LogP contribution in [0.5, 0.6) is 0 Å². The standard InChI is InChI=1S/C8H14O/c1-5-8(4,6-9)7(2)3/h5-7H,1H2,2-4H3. The Labute approximate surface area is 56.8 Å². The first-order chi connectivity index (χ1) is 4.06. The summed E-state index contributed by atoms with van der Waals surface area (Å²) in [6.45, 7) is 9.50. The van der Waals surface area contributed by atoms with Crippen molar-refractivity contribution in [2.45, 2.75) is 20.8 Å². The maximum absolute atomic E-state index is 10.4. The van der Waals surface area contributed by atoms with Crippen LogP contribution in [0.1, 0.15) is 20.8 Å². The summed E-state index contributed by atoms with van der Waals surface area (Å²) >= 11 is 0. The third-order valence-electron chi connectivity index (χ3n) is 1.94. The Morgan fingerprint density at radius 2 is 2.00 bits per heavy atom. The zero-order chi connectivity index (χ0) is 7.49. The summed E-state index contributed by atoms with van der Waals surface area (Å²) in [6, 6.07) is 0. The van der Waals surface area contributed by atoms with Crippen LogP contribution in [0, 0.1) is 11.3 Å². The minimum absolute atomic E-state index is 0.333. The van der Waals surface area contributed by atoms with E-state index in [4.69, 9.17) is 0 Å². The van der Waals surface area contributed by atoms with Gasteiger partial charge in [-0.3, -0.25) is 0 Å². The molecule has 1 atom stereocenters. The summed E-state index contributed by atoms with van der Waals surface area (Å²) in [5.74, 6) is 0.340. The molecule has 1 heteroatoms. The number of allylic oxidation sites excluding steroid dienone is 1. The molecule has 0 amide bonds. The van der Waals surface area contributed by atoms with Crippen molar-refractivity contribution in [3.8, 4) is 0 Å². The third-order valence-corrected chi connectivity index (χ3v) is 1.94. The first kappa shape index (κ1) is 8.41. The van der Waals surface area contributed by atoms with E-state index >= 15 is 0 Å². The Bertz CT molecular complexity index is 106. The highest BCUT2D eigenvalue weighted by molar-refractivity contribution is 5.62. The Kier molecular flexibility index (Phi) is 2.63. The van der Waals surface area contributed by atoms with E-state index in [0.717, 1.165) is 6.29 Å². The highest BCUT2D eigenvalue weighted by Gasteiger charge is 2.22. The topological polar surface area (TPSA) is 17.1 Å². The van der Waals surface area contributed by atoms with Crippen LogP contribution in [0.15, 0.2) is 12.7 Å². The number of hydrogen-bond donors (Lipinski definition) is 0. The van der Waals surface area contributed by atoms with Gasteiger partial charge in [-0.2, -0.15) is 0 Å². The lowest BCUT2D eigenvalue weighted by Crippen LogP contribution is -2.21. The Morgan fingerprint density at radius 1 is 1.56 bits per heavy atom. The minimum Gasteiger partial charge on any atom is -0.302 e. The van der Waals surface area contributed by atoms with Crippen molar-refractivity contribution in [3.63, 3.8) is 0 Å². The summed E-state index contributed by atoms with van der Waals surface area (Å²) in [5, 5.41) is 0. The van der Waals surface area contributed by atoms with Crippen LogP contribution in [0.2, 0.25) is 0 Å². The van der Waals surface area contributed by atoms with Gasteiger partial charge in [0.2, 0.25) is 0 Å². The lowest BCUT2D eigenvalue weighted by Gasteiger charge is -2.22. The van der Waals surface area contributed by atoms with Gasteiger partial charge < -0.3 is 4.79 Å². The molecule has 0 aliphatic heterocycles. The molecule has 0 saturated heterocycles. The second-order valence-electron chi connectivity index (χ2n) is 2.84. The summed E-state index contributed by atoms with van der Waals surface area (Å²) in [5.41, 5.74) is -0.333. The van der Waals surface area contributed by atoms with E-state index < -0.39 is 0 Å². The molecule has 0 radical (unpaired) electrons. The Hall–Kier alpha value is -0.590. The van der Waals surface area contributed by atoms with Crippen molar-refractivity contribution in [3.05, 3.63) is 12.7 Å². The molecule has 0 aliphatic carbocycles. The van der Waals surface area contributed by atoms with Crippen molar-refractivity contribution < 1.29 is 4.79 Å². The average molecular weight is 126 g/mol. The molecule has 0 spiro atoms. The molecule has 0 aromatic rings. The molecule has 0 rings (SSSR count). The van der Waals surface area contributed by atoms with Crippen molar-refractivity contribution in [2.24, 2.45) is 11.3 Å². The van der Waals surface area contributed by atoms with Crippen LogP contribution in [-0.4, -0.2) is 6.29 Å². The second-order valence-corrected chi connectivity index (χ2v) is 2.84. The molecule has 0 bridgehead atoms. The van der Waals surface area contributed by atoms with Gasteiger partial charge in [0.25, 0.3) is 0 Å². The Balaban J connectivity index is 4.26. The molecule has 1 unspecified atom stereocenters. The molecule has 0 saturated carbocycles. The van der Waals surface area contributed by atoms with E-state index in [1.54, 1.807) is 6.08 Å². The van der Waals surface area contributed by atoms with E-state index in [1.165, 1.54) is 0 Å². The van der Waals surface area contributed by atoms with Crippen LogP contribution in [0.4, 0.5) is 0 Å². The zero-order valence-corrected chi connectivity index (χ0v) is 6.35. The van der Waals surface area contributed by atoms with Gasteiger partial charge in [-0.25, -0.2) is 0 Å². The summed E-state index contributed by atoms with van der Waals surface area (Å²) in [7, 11) is 0. The van der Waals surface area contributed by atoms with Gasteiger partial charge in [0.15, 0.2) is 0 Å². The monoisotopic (exact) mass is 126 g/mol. The number of carbonyl (C=O) groups is 1. The fraction of sp³-hybridized carbons (Fsp3) is 0.625. The van der Waals surface area contributed by atoms with Crippen LogP contribution in [0.25, 0.3) is 0 Å². The van der Waals surface area contributed by atoms with Gasteiger partial charge in [0.1, 0.15) is 6.29 Å². The van der Waals surface area contributed by atoms with E-state index in [1.807, 2.05) is 20.8 Å². The smallest absolute Gasteiger partial charge is 0.129 e. The molecular weight excluding hydrogens is 112 g/mol. The maximum atomic E-state index is 10.4. The van der Waals surface area contributed by atoms with E-state index in [0.29, 0.717) is 5.92 Å². The third kappa shape index (κ3) is 1.67.